The molecule has 3 heterocycles. The molecule has 0 saturated heterocycles. The van der Waals surface area contributed by atoms with Crippen LogP contribution < -0.4 is 5.32 Å². The van der Waals surface area contributed by atoms with Gasteiger partial charge in [0.05, 0.1) is 23.0 Å². The van der Waals surface area contributed by atoms with Crippen molar-refractivity contribution in [1.29, 1.82) is 0 Å². The van der Waals surface area contributed by atoms with Crippen molar-refractivity contribution < 1.29 is 9.32 Å². The molecule has 0 fully saturated rings. The van der Waals surface area contributed by atoms with Crippen molar-refractivity contribution in [3.8, 4) is 0 Å². The summed E-state index contributed by atoms with van der Waals surface area (Å²) in [6.07, 6.45) is 3.39. The number of H-pyrrole nitrogens is 1. The first-order chi connectivity index (χ1) is 12.7. The van der Waals surface area contributed by atoms with Crippen LogP contribution in [0.2, 0.25) is 0 Å². The summed E-state index contributed by atoms with van der Waals surface area (Å²) in [6.45, 7) is 1.84. The summed E-state index contributed by atoms with van der Waals surface area (Å²) in [5.41, 5.74) is 2.96. The Labute approximate surface area is 153 Å². The Kier molecular flexibility index (Phi) is 4.40. The largest absolute Gasteiger partial charge is 0.361 e. The average Bonchev–Trinajstić information content (AvgIpc) is 3.28. The molecule has 0 atom stereocenters. The predicted molar refractivity (Wildman–Crippen MR) is 99.1 cm³/mol. The first kappa shape index (κ1) is 16.3. The van der Waals surface area contributed by atoms with E-state index in [4.69, 9.17) is 4.52 Å². The summed E-state index contributed by atoms with van der Waals surface area (Å²) < 4.78 is 5.07. The van der Waals surface area contributed by atoms with Gasteiger partial charge in [0.2, 0.25) is 0 Å². The van der Waals surface area contributed by atoms with E-state index in [-0.39, 0.29) is 5.91 Å². The van der Waals surface area contributed by atoms with Gasteiger partial charge in [0.1, 0.15) is 10.8 Å². The summed E-state index contributed by atoms with van der Waals surface area (Å²) in [5, 5.41) is 15.3. The molecule has 0 radical (unpaired) electrons. The Morgan fingerprint density at radius 2 is 2.23 bits per heavy atom. The van der Waals surface area contributed by atoms with Crippen LogP contribution in [0.5, 0.6) is 0 Å². The molecule has 0 bridgehead atoms. The fourth-order valence-electron chi connectivity index (χ4n) is 2.53. The van der Waals surface area contributed by atoms with Gasteiger partial charge in [-0.3, -0.25) is 9.89 Å². The molecular weight excluding hydrogens is 350 g/mol. The standard InChI is InChI=1S/C18H15N5O2S/c1-11-7-14(23-25-11)10-26-18-15(3-2-6-19-18)17(24)21-13-4-5-16-12(8-13)9-20-22-16/h2-9H,10H2,1H3,(H,20,22)(H,21,24). The number of nitrogens with zero attached hydrogens (tertiary/aromatic N) is 3. The van der Waals surface area contributed by atoms with Crippen molar-refractivity contribution in [2.24, 2.45) is 0 Å². The van der Waals surface area contributed by atoms with E-state index in [0.717, 1.165) is 22.4 Å². The second-order valence-electron chi connectivity index (χ2n) is 5.70. The molecule has 130 valence electrons. The van der Waals surface area contributed by atoms with Gasteiger partial charge < -0.3 is 9.84 Å². The molecule has 3 aromatic heterocycles. The minimum absolute atomic E-state index is 0.209. The maximum Gasteiger partial charge on any atom is 0.258 e. The van der Waals surface area contributed by atoms with Crippen molar-refractivity contribution in [1.82, 2.24) is 20.3 Å². The van der Waals surface area contributed by atoms with E-state index in [1.54, 1.807) is 24.5 Å². The molecule has 0 unspecified atom stereocenters. The summed E-state index contributed by atoms with van der Waals surface area (Å²) in [7, 11) is 0. The Balaban J connectivity index is 1.51. The van der Waals surface area contributed by atoms with Gasteiger partial charge in [-0.15, -0.1) is 0 Å². The Morgan fingerprint density at radius 3 is 3.08 bits per heavy atom. The average molecular weight is 365 g/mol. The zero-order valence-electron chi connectivity index (χ0n) is 13.9. The SMILES string of the molecule is Cc1cc(CSc2ncccc2C(=O)Nc2ccc3[nH]ncc3c2)no1. The Hall–Kier alpha value is -3.13. The van der Waals surface area contributed by atoms with E-state index in [1.807, 2.05) is 31.2 Å². The maximum absolute atomic E-state index is 12.7. The lowest BCUT2D eigenvalue weighted by Crippen LogP contribution is -2.13. The van der Waals surface area contributed by atoms with Crippen LogP contribution in [-0.4, -0.2) is 26.2 Å². The second-order valence-corrected chi connectivity index (χ2v) is 6.66. The molecule has 0 aliphatic heterocycles. The van der Waals surface area contributed by atoms with Crippen molar-refractivity contribution in [3.63, 3.8) is 0 Å². The van der Waals surface area contributed by atoms with Gasteiger partial charge in [-0.25, -0.2) is 4.98 Å². The molecule has 0 spiro atoms. The van der Waals surface area contributed by atoms with E-state index in [0.29, 0.717) is 22.0 Å². The number of amides is 1. The fourth-order valence-corrected chi connectivity index (χ4v) is 3.40. The zero-order valence-corrected chi connectivity index (χ0v) is 14.7. The predicted octanol–water partition coefficient (Wildman–Crippen LogP) is 3.80. The molecule has 26 heavy (non-hydrogen) atoms. The van der Waals surface area contributed by atoms with Gasteiger partial charge in [0.25, 0.3) is 5.91 Å². The van der Waals surface area contributed by atoms with Crippen LogP contribution in [0.1, 0.15) is 21.8 Å². The number of benzene rings is 1. The summed E-state index contributed by atoms with van der Waals surface area (Å²) in [6, 6.07) is 11.0. The fraction of sp³-hybridized carbons (Fsp3) is 0.111. The van der Waals surface area contributed by atoms with Crippen LogP contribution in [0.15, 0.2) is 58.3 Å². The molecule has 1 aromatic carbocycles. The minimum Gasteiger partial charge on any atom is -0.361 e. The van der Waals surface area contributed by atoms with Crippen molar-refractivity contribution in [2.75, 3.05) is 5.32 Å². The van der Waals surface area contributed by atoms with Crippen LogP contribution >= 0.6 is 11.8 Å². The number of nitrogens with one attached hydrogen (secondary N) is 2. The van der Waals surface area contributed by atoms with E-state index in [1.165, 1.54) is 11.8 Å². The van der Waals surface area contributed by atoms with Gasteiger partial charge in [0, 0.05) is 29.1 Å². The molecule has 7 nitrogen and oxygen atoms in total. The van der Waals surface area contributed by atoms with Crippen LogP contribution in [0, 0.1) is 6.92 Å². The molecule has 0 saturated carbocycles. The third-order valence-electron chi connectivity index (χ3n) is 3.75. The molecule has 4 aromatic rings. The minimum atomic E-state index is -0.209. The number of pyridine rings is 1. The lowest BCUT2D eigenvalue weighted by atomic mass is 10.2. The third-order valence-corrected chi connectivity index (χ3v) is 4.79. The highest BCUT2D eigenvalue weighted by molar-refractivity contribution is 7.98. The van der Waals surface area contributed by atoms with Crippen molar-refractivity contribution in [2.45, 2.75) is 17.7 Å². The van der Waals surface area contributed by atoms with Crippen LogP contribution in [-0.2, 0) is 5.75 Å². The van der Waals surface area contributed by atoms with Gasteiger partial charge in [-0.1, -0.05) is 16.9 Å². The van der Waals surface area contributed by atoms with Crippen LogP contribution in [0.4, 0.5) is 5.69 Å². The first-order valence-electron chi connectivity index (χ1n) is 7.93. The number of thioether (sulfide) groups is 1. The van der Waals surface area contributed by atoms with Crippen molar-refractivity contribution >= 4 is 34.3 Å². The number of hydrogen-bond acceptors (Lipinski definition) is 6. The molecule has 4 rings (SSSR count). The number of fused-ring (bicyclic) bond motifs is 1. The highest BCUT2D eigenvalue weighted by Gasteiger charge is 2.14. The topological polar surface area (TPSA) is 96.7 Å². The van der Waals surface area contributed by atoms with Crippen molar-refractivity contribution in [3.05, 3.63) is 65.8 Å². The number of aromatic nitrogens is 4. The number of hydrogen-bond donors (Lipinski definition) is 2. The highest BCUT2D eigenvalue weighted by Crippen LogP contribution is 2.25. The van der Waals surface area contributed by atoms with Crippen LogP contribution in [0.3, 0.4) is 0 Å². The van der Waals surface area contributed by atoms with E-state index in [9.17, 15) is 4.79 Å². The monoisotopic (exact) mass is 365 g/mol. The highest BCUT2D eigenvalue weighted by atomic mass is 32.2. The van der Waals surface area contributed by atoms with E-state index in [2.05, 4.69) is 25.7 Å². The zero-order chi connectivity index (χ0) is 17.9. The number of rotatable bonds is 5. The summed E-state index contributed by atoms with van der Waals surface area (Å²) in [5.74, 6) is 1.13. The van der Waals surface area contributed by atoms with Crippen LogP contribution in [0.25, 0.3) is 10.9 Å². The molecule has 2 N–H and O–H groups in total. The molecule has 1 amide bonds. The smallest absolute Gasteiger partial charge is 0.258 e. The number of aryl methyl sites for hydroxylation is 1. The van der Waals surface area contributed by atoms with E-state index < -0.39 is 0 Å². The molecule has 8 heteroatoms. The summed E-state index contributed by atoms with van der Waals surface area (Å²) in [4.78, 5) is 17.0. The number of aromatic amines is 1. The maximum atomic E-state index is 12.7. The molecular formula is C18H15N5O2S. The lowest BCUT2D eigenvalue weighted by molar-refractivity contribution is 0.102. The normalized spacial score (nSPS) is 11.0. The molecule has 0 aliphatic carbocycles. The van der Waals surface area contributed by atoms with Gasteiger partial charge in [-0.05, 0) is 37.3 Å². The van der Waals surface area contributed by atoms with Gasteiger partial charge in [0.15, 0.2) is 0 Å². The quantitative estimate of drug-likeness (QED) is 0.522. The first-order valence-corrected chi connectivity index (χ1v) is 8.92. The summed E-state index contributed by atoms with van der Waals surface area (Å²) >= 11 is 1.45. The van der Waals surface area contributed by atoms with Gasteiger partial charge in [-0.2, -0.15) is 5.10 Å². The Morgan fingerprint density at radius 1 is 1.31 bits per heavy atom. The lowest BCUT2D eigenvalue weighted by Gasteiger charge is -2.08. The Bertz CT molecular complexity index is 1070. The molecule has 0 aliphatic rings. The number of anilines is 1. The van der Waals surface area contributed by atoms with E-state index >= 15 is 0 Å². The number of carbonyl (C=O) groups is 1. The third kappa shape index (κ3) is 3.45. The van der Waals surface area contributed by atoms with Gasteiger partial charge >= 0.3 is 0 Å². The second kappa shape index (κ2) is 7.01. The number of carbonyl (C=O) groups excluding carboxylic acids is 1.